The third-order valence-electron chi connectivity index (χ3n) is 5.31. The fourth-order valence-electron chi connectivity index (χ4n) is 3.58. The highest BCUT2D eigenvalue weighted by Gasteiger charge is 2.17. The van der Waals surface area contributed by atoms with Crippen LogP contribution in [0.15, 0.2) is 29.3 Å². The highest BCUT2D eigenvalue weighted by molar-refractivity contribution is 5.79. The molecule has 6 nitrogen and oxygen atoms in total. The van der Waals surface area contributed by atoms with E-state index in [9.17, 15) is 0 Å². The van der Waals surface area contributed by atoms with Gasteiger partial charge in [0.25, 0.3) is 0 Å². The number of nitrogens with one attached hydrogen (secondary N) is 1. The van der Waals surface area contributed by atoms with Crippen molar-refractivity contribution in [3.63, 3.8) is 0 Å². The number of hydrogen-bond acceptors (Lipinski definition) is 4. The van der Waals surface area contributed by atoms with Crippen LogP contribution in [-0.4, -0.2) is 87.2 Å². The van der Waals surface area contributed by atoms with E-state index in [2.05, 4.69) is 60.0 Å². The van der Waals surface area contributed by atoms with Crippen molar-refractivity contribution < 1.29 is 4.74 Å². The minimum Gasteiger partial charge on any atom is -0.497 e. The summed E-state index contributed by atoms with van der Waals surface area (Å²) in [7, 11) is 3.79. The molecule has 2 rings (SSSR count). The molecule has 1 aromatic rings. The van der Waals surface area contributed by atoms with Gasteiger partial charge in [0.15, 0.2) is 5.96 Å². The van der Waals surface area contributed by atoms with Crippen LogP contribution in [0, 0.1) is 5.92 Å². The second-order valence-electron chi connectivity index (χ2n) is 7.74. The molecule has 1 N–H and O–H groups in total. The first-order chi connectivity index (χ1) is 13.5. The van der Waals surface area contributed by atoms with Crippen LogP contribution in [-0.2, 0) is 6.54 Å². The van der Waals surface area contributed by atoms with Crippen molar-refractivity contribution in [1.29, 1.82) is 0 Å². The predicted molar refractivity (Wildman–Crippen MR) is 118 cm³/mol. The maximum Gasteiger partial charge on any atom is 0.193 e. The largest absolute Gasteiger partial charge is 0.497 e. The van der Waals surface area contributed by atoms with Crippen molar-refractivity contribution in [3.05, 3.63) is 29.8 Å². The van der Waals surface area contributed by atoms with Gasteiger partial charge in [0.2, 0.25) is 0 Å². The lowest BCUT2D eigenvalue weighted by Gasteiger charge is -2.35. The Bertz CT molecular complexity index is 581. The second kappa shape index (κ2) is 11.9. The van der Waals surface area contributed by atoms with Crippen molar-refractivity contribution in [1.82, 2.24) is 20.0 Å². The maximum atomic E-state index is 5.24. The summed E-state index contributed by atoms with van der Waals surface area (Å²) in [4.78, 5) is 12.2. The van der Waals surface area contributed by atoms with Gasteiger partial charge in [-0.15, -0.1) is 0 Å². The molecule has 0 saturated carbocycles. The zero-order chi connectivity index (χ0) is 20.4. The van der Waals surface area contributed by atoms with Crippen LogP contribution < -0.4 is 10.1 Å². The zero-order valence-electron chi connectivity index (χ0n) is 18.4. The summed E-state index contributed by atoms with van der Waals surface area (Å²) in [5.41, 5.74) is 1.25. The summed E-state index contributed by atoms with van der Waals surface area (Å²) < 4.78 is 5.24. The third kappa shape index (κ3) is 7.32. The van der Waals surface area contributed by atoms with Gasteiger partial charge in [0, 0.05) is 59.4 Å². The van der Waals surface area contributed by atoms with Crippen LogP contribution in [0.4, 0.5) is 0 Å². The molecule has 0 aliphatic carbocycles. The number of rotatable bonds is 9. The molecule has 1 aromatic carbocycles. The molecule has 0 bridgehead atoms. The summed E-state index contributed by atoms with van der Waals surface area (Å²) in [5.74, 6) is 2.41. The van der Waals surface area contributed by atoms with Gasteiger partial charge in [-0.25, -0.2) is 0 Å². The molecule has 1 heterocycles. The first kappa shape index (κ1) is 22.5. The lowest BCUT2D eigenvalue weighted by Crippen LogP contribution is -2.47. The smallest absolute Gasteiger partial charge is 0.193 e. The first-order valence-corrected chi connectivity index (χ1v) is 10.6. The standard InChI is InChI=1S/C22H39N5O/c1-6-23-22(25(4)18-20-8-10-21(28-5)11-9-20)24-16-19(3)17-27-14-12-26(7-2)13-15-27/h8-11,19H,6-7,12-18H2,1-5H3,(H,23,24). The van der Waals surface area contributed by atoms with Gasteiger partial charge in [-0.05, 0) is 37.1 Å². The number of guanidine groups is 1. The maximum absolute atomic E-state index is 5.24. The fourth-order valence-corrected chi connectivity index (χ4v) is 3.58. The molecule has 1 saturated heterocycles. The highest BCUT2D eigenvalue weighted by atomic mass is 16.5. The Labute approximate surface area is 171 Å². The molecular formula is C22H39N5O. The molecule has 1 aliphatic rings. The quantitative estimate of drug-likeness (QED) is 0.519. The molecule has 28 heavy (non-hydrogen) atoms. The van der Waals surface area contributed by atoms with Crippen molar-refractivity contribution in [2.24, 2.45) is 10.9 Å². The molecule has 0 aromatic heterocycles. The van der Waals surface area contributed by atoms with E-state index in [-0.39, 0.29) is 0 Å². The molecule has 1 atom stereocenters. The Hall–Kier alpha value is -1.79. The van der Waals surface area contributed by atoms with Crippen molar-refractivity contribution in [2.75, 3.05) is 66.5 Å². The molecule has 1 fully saturated rings. The summed E-state index contributed by atoms with van der Waals surface area (Å²) in [6.07, 6.45) is 0. The van der Waals surface area contributed by atoms with E-state index < -0.39 is 0 Å². The van der Waals surface area contributed by atoms with E-state index in [1.807, 2.05) is 12.1 Å². The minimum atomic E-state index is 0.552. The van der Waals surface area contributed by atoms with Gasteiger partial charge >= 0.3 is 0 Å². The number of methoxy groups -OCH3 is 1. The lowest BCUT2D eigenvalue weighted by atomic mass is 10.1. The van der Waals surface area contributed by atoms with Gasteiger partial charge in [-0.3, -0.25) is 4.99 Å². The summed E-state index contributed by atoms with van der Waals surface area (Å²) in [6, 6.07) is 8.23. The van der Waals surface area contributed by atoms with Gasteiger partial charge in [-0.2, -0.15) is 0 Å². The average Bonchev–Trinajstić information content (AvgIpc) is 2.72. The van der Waals surface area contributed by atoms with Crippen molar-refractivity contribution in [3.8, 4) is 5.75 Å². The number of nitrogens with zero attached hydrogens (tertiary/aromatic N) is 4. The normalized spacial score (nSPS) is 17.4. The third-order valence-corrected chi connectivity index (χ3v) is 5.31. The van der Waals surface area contributed by atoms with Gasteiger partial charge in [0.05, 0.1) is 7.11 Å². The number of ether oxygens (including phenoxy) is 1. The Morgan fingerprint density at radius 2 is 1.79 bits per heavy atom. The summed E-state index contributed by atoms with van der Waals surface area (Å²) in [6.45, 7) is 16.3. The van der Waals surface area contributed by atoms with Crippen molar-refractivity contribution >= 4 is 5.96 Å². The molecule has 1 unspecified atom stereocenters. The van der Waals surface area contributed by atoms with Crippen LogP contribution in [0.2, 0.25) is 0 Å². The molecule has 0 spiro atoms. The predicted octanol–water partition coefficient (Wildman–Crippen LogP) is 2.37. The van der Waals surface area contributed by atoms with E-state index in [0.717, 1.165) is 37.9 Å². The van der Waals surface area contributed by atoms with E-state index >= 15 is 0 Å². The van der Waals surface area contributed by atoms with Crippen LogP contribution in [0.5, 0.6) is 5.75 Å². The van der Waals surface area contributed by atoms with Crippen LogP contribution in [0.3, 0.4) is 0 Å². The number of likely N-dealkylation sites (N-methyl/N-ethyl adjacent to an activating group) is 1. The Morgan fingerprint density at radius 3 is 2.36 bits per heavy atom. The number of hydrogen-bond donors (Lipinski definition) is 1. The van der Waals surface area contributed by atoms with Crippen LogP contribution in [0.1, 0.15) is 26.3 Å². The minimum absolute atomic E-state index is 0.552. The monoisotopic (exact) mass is 389 g/mol. The molecular weight excluding hydrogens is 350 g/mol. The Morgan fingerprint density at radius 1 is 1.14 bits per heavy atom. The van der Waals surface area contributed by atoms with Gasteiger partial charge < -0.3 is 24.8 Å². The first-order valence-electron chi connectivity index (χ1n) is 10.6. The Kier molecular flexibility index (Phi) is 9.58. The van der Waals surface area contributed by atoms with Gasteiger partial charge in [0.1, 0.15) is 5.75 Å². The van der Waals surface area contributed by atoms with E-state index in [4.69, 9.17) is 9.73 Å². The zero-order valence-corrected chi connectivity index (χ0v) is 18.4. The lowest BCUT2D eigenvalue weighted by molar-refractivity contribution is 0.125. The summed E-state index contributed by atoms with van der Waals surface area (Å²) >= 11 is 0. The highest BCUT2D eigenvalue weighted by Crippen LogP contribution is 2.13. The number of aliphatic imine (C=N–C) groups is 1. The van der Waals surface area contributed by atoms with Crippen molar-refractivity contribution in [2.45, 2.75) is 27.3 Å². The number of benzene rings is 1. The Balaban J connectivity index is 1.85. The SMILES string of the molecule is CCNC(=NCC(C)CN1CCN(CC)CC1)N(C)Cc1ccc(OC)cc1. The topological polar surface area (TPSA) is 43.3 Å². The second-order valence-corrected chi connectivity index (χ2v) is 7.74. The molecule has 158 valence electrons. The number of piperazine rings is 1. The average molecular weight is 390 g/mol. The van der Waals surface area contributed by atoms with Crippen LogP contribution >= 0.6 is 0 Å². The van der Waals surface area contributed by atoms with Crippen LogP contribution in [0.25, 0.3) is 0 Å². The van der Waals surface area contributed by atoms with Gasteiger partial charge in [-0.1, -0.05) is 26.0 Å². The van der Waals surface area contributed by atoms with E-state index in [1.165, 1.54) is 38.3 Å². The molecule has 6 heteroatoms. The van der Waals surface area contributed by atoms with E-state index in [1.54, 1.807) is 7.11 Å². The molecule has 0 amide bonds. The fraction of sp³-hybridized carbons (Fsp3) is 0.682. The molecule has 1 aliphatic heterocycles. The van der Waals surface area contributed by atoms with E-state index in [0.29, 0.717) is 5.92 Å². The summed E-state index contributed by atoms with van der Waals surface area (Å²) in [5, 5.41) is 3.43. The molecule has 0 radical (unpaired) electrons.